The predicted molar refractivity (Wildman–Crippen MR) is 145 cm³/mol. The Bertz CT molecular complexity index is 1080. The largest absolute Gasteiger partial charge is 0.467 e. The maximum absolute atomic E-state index is 14.1. The van der Waals surface area contributed by atoms with E-state index in [1.807, 2.05) is 42.7 Å². The van der Waals surface area contributed by atoms with Crippen LogP contribution in [0.1, 0.15) is 63.0 Å². The molecule has 2 N–H and O–H groups in total. The van der Waals surface area contributed by atoms with E-state index in [1.54, 1.807) is 12.5 Å². The summed E-state index contributed by atoms with van der Waals surface area (Å²) in [5.41, 5.74) is 0.146. The summed E-state index contributed by atoms with van der Waals surface area (Å²) in [5.74, 6) is 1.98. The van der Waals surface area contributed by atoms with Gasteiger partial charge >= 0.3 is 0 Å². The van der Waals surface area contributed by atoms with Gasteiger partial charge in [-0.25, -0.2) is 9.97 Å². The number of amides is 2. The normalized spacial score (nSPS) is 20.4. The van der Waals surface area contributed by atoms with Crippen molar-refractivity contribution < 1.29 is 18.7 Å². The molecule has 38 heavy (non-hydrogen) atoms. The van der Waals surface area contributed by atoms with E-state index in [0.717, 1.165) is 5.76 Å². The zero-order valence-electron chi connectivity index (χ0n) is 23.3. The van der Waals surface area contributed by atoms with E-state index in [4.69, 9.17) is 14.1 Å². The van der Waals surface area contributed by atoms with Crippen molar-refractivity contribution in [2.45, 2.75) is 59.0 Å². The van der Waals surface area contributed by atoms with Crippen LogP contribution in [0, 0.1) is 11.8 Å². The molecule has 208 valence electrons. The van der Waals surface area contributed by atoms with E-state index in [0.29, 0.717) is 76.1 Å². The molecule has 2 aliphatic heterocycles. The molecule has 0 spiro atoms. The molecule has 10 nitrogen and oxygen atoms in total. The van der Waals surface area contributed by atoms with Crippen molar-refractivity contribution in [3.8, 4) is 0 Å². The fourth-order valence-corrected chi connectivity index (χ4v) is 4.95. The Hall–Kier alpha value is -2.98. The molecule has 4 heterocycles. The Labute approximate surface area is 225 Å². The average molecular weight is 527 g/mol. The highest BCUT2D eigenvalue weighted by Gasteiger charge is 2.36. The molecule has 2 aliphatic rings. The molecule has 0 bridgehead atoms. The first-order chi connectivity index (χ1) is 18.1. The number of morpholine rings is 1. The number of piperidine rings is 1. The summed E-state index contributed by atoms with van der Waals surface area (Å²) in [5, 5.41) is 6.73. The second-order valence-electron chi connectivity index (χ2n) is 11.7. The second-order valence-corrected chi connectivity index (χ2v) is 11.7. The Morgan fingerprint density at radius 1 is 1.24 bits per heavy atom. The van der Waals surface area contributed by atoms with Gasteiger partial charge in [0.25, 0.3) is 5.91 Å². The van der Waals surface area contributed by atoms with E-state index in [1.165, 1.54) is 0 Å². The molecule has 0 aromatic carbocycles. The van der Waals surface area contributed by atoms with E-state index in [2.05, 4.69) is 29.5 Å². The van der Waals surface area contributed by atoms with Gasteiger partial charge in [0.2, 0.25) is 5.91 Å². The average Bonchev–Trinajstić information content (AvgIpc) is 3.43. The lowest BCUT2D eigenvalue weighted by Gasteiger charge is -2.40. The topological polar surface area (TPSA) is 113 Å². The van der Waals surface area contributed by atoms with E-state index in [9.17, 15) is 9.59 Å². The van der Waals surface area contributed by atoms with Crippen LogP contribution in [0.4, 0.5) is 5.82 Å². The molecular formula is C28H42N6O4. The summed E-state index contributed by atoms with van der Waals surface area (Å²) in [6.45, 7) is 15.0. The Kier molecular flexibility index (Phi) is 9.04. The Morgan fingerprint density at radius 2 is 2.00 bits per heavy atom. The summed E-state index contributed by atoms with van der Waals surface area (Å²) in [4.78, 5) is 40.5. The van der Waals surface area contributed by atoms with Crippen molar-refractivity contribution in [3.05, 3.63) is 41.7 Å². The third-order valence-corrected chi connectivity index (χ3v) is 6.96. The van der Waals surface area contributed by atoms with Gasteiger partial charge in [0.05, 0.1) is 31.9 Å². The molecule has 0 unspecified atom stereocenters. The fourth-order valence-electron chi connectivity index (χ4n) is 4.95. The number of furan rings is 1. The van der Waals surface area contributed by atoms with Crippen LogP contribution in [-0.4, -0.2) is 83.6 Å². The van der Waals surface area contributed by atoms with Crippen LogP contribution in [-0.2, 0) is 21.5 Å². The summed E-state index contributed by atoms with van der Waals surface area (Å²) in [6.07, 6.45) is 3.89. The summed E-state index contributed by atoms with van der Waals surface area (Å²) in [7, 11) is 0. The first-order valence-electron chi connectivity index (χ1n) is 13.7. The van der Waals surface area contributed by atoms with Crippen LogP contribution in [0.25, 0.3) is 0 Å². The minimum atomic E-state index is -0.277. The molecule has 2 aromatic rings. The summed E-state index contributed by atoms with van der Waals surface area (Å²) >= 11 is 0. The first kappa shape index (κ1) is 28.0. The second kappa shape index (κ2) is 12.3. The van der Waals surface area contributed by atoms with Crippen molar-refractivity contribution in [3.63, 3.8) is 0 Å². The number of aromatic nitrogens is 2. The Morgan fingerprint density at radius 3 is 2.66 bits per heavy atom. The Balaban J connectivity index is 1.58. The minimum absolute atomic E-state index is 0.117. The van der Waals surface area contributed by atoms with Gasteiger partial charge in [0.15, 0.2) is 0 Å². The first-order valence-corrected chi connectivity index (χ1v) is 13.7. The number of nitrogens with one attached hydrogen (secondary N) is 2. The minimum Gasteiger partial charge on any atom is -0.467 e. The van der Waals surface area contributed by atoms with Crippen molar-refractivity contribution in [1.29, 1.82) is 0 Å². The van der Waals surface area contributed by atoms with Crippen molar-refractivity contribution in [1.82, 2.24) is 25.1 Å². The van der Waals surface area contributed by atoms with Crippen LogP contribution in [0.15, 0.2) is 29.0 Å². The number of nitrogens with zero attached hydrogens (tertiary/aromatic N) is 4. The maximum Gasteiger partial charge on any atom is 0.259 e. The van der Waals surface area contributed by atoms with Gasteiger partial charge in [-0.2, -0.15) is 0 Å². The molecule has 2 amide bonds. The molecule has 10 heteroatoms. The number of carbonyl (C=O) groups is 2. The molecule has 2 saturated heterocycles. The zero-order valence-corrected chi connectivity index (χ0v) is 23.3. The highest BCUT2D eigenvalue weighted by Crippen LogP contribution is 2.26. The van der Waals surface area contributed by atoms with Gasteiger partial charge < -0.3 is 29.6 Å². The van der Waals surface area contributed by atoms with E-state index >= 15 is 0 Å². The molecule has 2 atom stereocenters. The van der Waals surface area contributed by atoms with Crippen LogP contribution >= 0.6 is 0 Å². The van der Waals surface area contributed by atoms with Crippen molar-refractivity contribution >= 4 is 17.6 Å². The summed E-state index contributed by atoms with van der Waals surface area (Å²) < 4.78 is 10.9. The lowest BCUT2D eigenvalue weighted by atomic mass is 9.92. The number of rotatable bonds is 8. The molecule has 0 saturated carbocycles. The van der Waals surface area contributed by atoms with Crippen molar-refractivity contribution in [2.24, 2.45) is 11.8 Å². The third-order valence-electron chi connectivity index (χ3n) is 6.96. The fraction of sp³-hybridized carbons (Fsp3) is 0.643. The van der Waals surface area contributed by atoms with E-state index < -0.39 is 0 Å². The zero-order chi connectivity index (χ0) is 27.3. The number of anilines is 1. The predicted octanol–water partition coefficient (Wildman–Crippen LogP) is 2.91. The highest BCUT2D eigenvalue weighted by atomic mass is 16.5. The van der Waals surface area contributed by atoms with Crippen LogP contribution in [0.3, 0.4) is 0 Å². The van der Waals surface area contributed by atoms with Crippen LogP contribution in [0.5, 0.6) is 0 Å². The van der Waals surface area contributed by atoms with Gasteiger partial charge in [-0.3, -0.25) is 9.59 Å². The van der Waals surface area contributed by atoms with Crippen molar-refractivity contribution in [2.75, 3.05) is 51.3 Å². The van der Waals surface area contributed by atoms with Gasteiger partial charge in [0.1, 0.15) is 23.0 Å². The lowest BCUT2D eigenvalue weighted by Crippen LogP contribution is -2.56. The third kappa shape index (κ3) is 6.91. The molecule has 0 aliphatic carbocycles. The lowest BCUT2D eigenvalue weighted by molar-refractivity contribution is -0.140. The van der Waals surface area contributed by atoms with Crippen LogP contribution < -0.4 is 10.6 Å². The van der Waals surface area contributed by atoms with E-state index in [-0.39, 0.29) is 35.1 Å². The van der Waals surface area contributed by atoms with Gasteiger partial charge in [-0.05, 0) is 24.5 Å². The van der Waals surface area contributed by atoms with Gasteiger partial charge in [0, 0.05) is 50.4 Å². The number of hydrogen-bond acceptors (Lipinski definition) is 8. The smallest absolute Gasteiger partial charge is 0.259 e. The maximum atomic E-state index is 14.1. The number of hydrogen-bond donors (Lipinski definition) is 2. The summed E-state index contributed by atoms with van der Waals surface area (Å²) in [6, 6.07) is 3.59. The monoisotopic (exact) mass is 526 g/mol. The van der Waals surface area contributed by atoms with Gasteiger partial charge in [-0.1, -0.05) is 34.6 Å². The molecule has 0 radical (unpaired) electrons. The molecule has 2 fully saturated rings. The highest BCUT2D eigenvalue weighted by molar-refractivity contribution is 5.98. The molecular weight excluding hydrogens is 484 g/mol. The standard InChI is InChI=1S/C28H42N6O4/c1-19(2)18-34(21-13-20(14-29-15-21)25(35)33-8-11-37-12-9-33)26(36)23-17-31-27(28(3,4)5)32-24(23)30-16-22-7-6-10-38-22/h6-7,10,17,19-21,29H,8-9,11-16,18H2,1-5H3,(H,30,31,32)/t20-,21+/m0/s1. The molecule has 2 aromatic heterocycles. The SMILES string of the molecule is CC(C)CN(C(=O)c1cnc(C(C)(C)C)nc1NCc1ccco1)[C@H]1CNC[C@@H](C(=O)N2CCOCC2)C1. The quantitative estimate of drug-likeness (QED) is 0.540. The van der Waals surface area contributed by atoms with Crippen LogP contribution in [0.2, 0.25) is 0 Å². The number of carbonyl (C=O) groups excluding carboxylic acids is 2. The number of ether oxygens (including phenoxy) is 1. The molecule has 4 rings (SSSR count). The van der Waals surface area contributed by atoms with Gasteiger partial charge in [-0.15, -0.1) is 0 Å².